The summed E-state index contributed by atoms with van der Waals surface area (Å²) in [7, 11) is 1.48. The number of aryl methyl sites for hydroxylation is 1. The van der Waals surface area contributed by atoms with Crippen LogP contribution >= 0.6 is 26.6 Å². The van der Waals surface area contributed by atoms with E-state index in [1.165, 1.54) is 6.07 Å². The molecule has 3 nitrogen and oxygen atoms in total. The number of hydrogen-bond acceptors (Lipinski definition) is 3. The smallest absolute Gasteiger partial charge is 0.207 e. The maximum Gasteiger partial charge on any atom is 0.261 e. The highest BCUT2D eigenvalue weighted by molar-refractivity contribution is 9.10. The Labute approximate surface area is 101 Å². The van der Waals surface area contributed by atoms with Crippen LogP contribution in [0.4, 0.5) is 0 Å². The van der Waals surface area contributed by atoms with Crippen molar-refractivity contribution in [2.45, 2.75) is 18.2 Å². The van der Waals surface area contributed by atoms with E-state index in [2.05, 4.69) is 15.9 Å². The van der Waals surface area contributed by atoms with Crippen molar-refractivity contribution in [1.29, 1.82) is 5.26 Å². The third-order valence-corrected chi connectivity index (χ3v) is 3.97. The van der Waals surface area contributed by atoms with Crippen molar-refractivity contribution < 1.29 is 8.42 Å². The van der Waals surface area contributed by atoms with E-state index in [4.69, 9.17) is 15.9 Å². The quantitative estimate of drug-likeness (QED) is 0.789. The minimum Gasteiger partial charge on any atom is -0.207 e. The van der Waals surface area contributed by atoms with Gasteiger partial charge in [0.1, 0.15) is 6.07 Å². The first kappa shape index (κ1) is 12.5. The molecule has 0 saturated heterocycles. The molecule has 0 unspecified atom stereocenters. The zero-order valence-corrected chi connectivity index (χ0v) is 10.9. The van der Waals surface area contributed by atoms with E-state index < -0.39 is 9.05 Å². The standard InChI is InChI=1S/C9H7BrClNO2S/c1-2-6-3-8(10)7(5-12)4-9(6)15(11,13)14/h3-4H,2H2,1H3. The van der Waals surface area contributed by atoms with Crippen molar-refractivity contribution in [1.82, 2.24) is 0 Å². The third kappa shape index (κ3) is 2.71. The molecular weight excluding hydrogens is 302 g/mol. The molecule has 0 spiro atoms. The average molecular weight is 309 g/mol. The summed E-state index contributed by atoms with van der Waals surface area (Å²) >= 11 is 3.19. The van der Waals surface area contributed by atoms with Gasteiger partial charge < -0.3 is 0 Å². The molecule has 15 heavy (non-hydrogen) atoms. The summed E-state index contributed by atoms with van der Waals surface area (Å²) < 4.78 is 23.0. The number of rotatable bonds is 2. The van der Waals surface area contributed by atoms with E-state index in [1.807, 2.05) is 13.0 Å². The van der Waals surface area contributed by atoms with E-state index >= 15 is 0 Å². The summed E-state index contributed by atoms with van der Waals surface area (Å²) in [5.74, 6) is 0. The van der Waals surface area contributed by atoms with Gasteiger partial charge in [-0.25, -0.2) is 8.42 Å². The maximum atomic E-state index is 11.2. The number of hydrogen-bond donors (Lipinski definition) is 0. The molecule has 0 saturated carbocycles. The summed E-state index contributed by atoms with van der Waals surface area (Å²) in [6.45, 7) is 1.82. The van der Waals surface area contributed by atoms with Crippen LogP contribution in [0, 0.1) is 11.3 Å². The Bertz CT molecular complexity index is 534. The van der Waals surface area contributed by atoms with Crippen molar-refractivity contribution in [3.63, 3.8) is 0 Å². The number of benzene rings is 1. The highest BCUT2D eigenvalue weighted by atomic mass is 79.9. The van der Waals surface area contributed by atoms with Crippen LogP contribution in [0.25, 0.3) is 0 Å². The second-order valence-corrected chi connectivity index (χ2v) is 6.23. The first-order valence-corrected chi connectivity index (χ1v) is 7.17. The van der Waals surface area contributed by atoms with Gasteiger partial charge in [-0.05, 0) is 40.0 Å². The Kier molecular flexibility index (Phi) is 3.77. The summed E-state index contributed by atoms with van der Waals surface area (Å²) in [5.41, 5.74) is 0.849. The number of halogens is 2. The summed E-state index contributed by atoms with van der Waals surface area (Å²) in [6.07, 6.45) is 0.533. The molecule has 6 heteroatoms. The molecule has 0 aliphatic carbocycles. The molecule has 0 atom stereocenters. The van der Waals surface area contributed by atoms with Crippen LogP contribution in [0.3, 0.4) is 0 Å². The Hall–Kier alpha value is -0.570. The summed E-state index contributed by atoms with van der Waals surface area (Å²) in [5, 5.41) is 8.75. The molecule has 0 aliphatic rings. The Balaban J connectivity index is 3.59. The van der Waals surface area contributed by atoms with Crippen molar-refractivity contribution in [3.8, 4) is 6.07 Å². The molecule has 0 aromatic heterocycles. The van der Waals surface area contributed by atoms with E-state index in [9.17, 15) is 8.42 Å². The Morgan fingerprint density at radius 1 is 1.53 bits per heavy atom. The molecule has 0 radical (unpaired) electrons. The molecule has 1 aromatic rings. The normalized spacial score (nSPS) is 11.1. The maximum absolute atomic E-state index is 11.2. The van der Waals surface area contributed by atoms with Crippen LogP contribution in [0.5, 0.6) is 0 Å². The molecule has 1 aromatic carbocycles. The zero-order valence-electron chi connectivity index (χ0n) is 7.79. The minimum absolute atomic E-state index is 0.00594. The second-order valence-electron chi connectivity index (χ2n) is 2.84. The number of nitrogens with zero attached hydrogens (tertiary/aromatic N) is 1. The monoisotopic (exact) mass is 307 g/mol. The van der Waals surface area contributed by atoms with Gasteiger partial charge in [-0.1, -0.05) is 6.92 Å². The van der Waals surface area contributed by atoms with Crippen molar-refractivity contribution in [3.05, 3.63) is 27.7 Å². The Morgan fingerprint density at radius 3 is 2.53 bits per heavy atom. The third-order valence-electron chi connectivity index (χ3n) is 1.91. The molecule has 0 fully saturated rings. The van der Waals surface area contributed by atoms with Crippen LogP contribution in [-0.4, -0.2) is 8.42 Å². The largest absolute Gasteiger partial charge is 0.261 e. The lowest BCUT2D eigenvalue weighted by atomic mass is 10.1. The predicted octanol–water partition coefficient (Wildman–Crippen LogP) is 2.81. The van der Waals surface area contributed by atoms with Gasteiger partial charge in [0, 0.05) is 15.2 Å². The van der Waals surface area contributed by atoms with Gasteiger partial charge >= 0.3 is 0 Å². The fourth-order valence-electron chi connectivity index (χ4n) is 1.18. The van der Waals surface area contributed by atoms with Gasteiger partial charge in [-0.2, -0.15) is 5.26 Å². The lowest BCUT2D eigenvalue weighted by Gasteiger charge is -2.06. The van der Waals surface area contributed by atoms with Crippen LogP contribution in [-0.2, 0) is 15.5 Å². The lowest BCUT2D eigenvalue weighted by Crippen LogP contribution is -1.98. The lowest BCUT2D eigenvalue weighted by molar-refractivity contribution is 0.608. The molecule has 1 rings (SSSR count). The summed E-state index contributed by atoms with van der Waals surface area (Å²) in [6, 6.07) is 4.78. The SMILES string of the molecule is CCc1cc(Br)c(C#N)cc1S(=O)(=O)Cl. The molecule has 0 aliphatic heterocycles. The zero-order chi connectivity index (χ0) is 11.6. The van der Waals surface area contributed by atoms with Gasteiger partial charge in [-0.3, -0.25) is 0 Å². The first-order valence-electron chi connectivity index (χ1n) is 4.07. The fraction of sp³-hybridized carbons (Fsp3) is 0.222. The number of nitriles is 1. The van der Waals surface area contributed by atoms with Gasteiger partial charge in [0.05, 0.1) is 10.5 Å². The van der Waals surface area contributed by atoms with E-state index in [1.54, 1.807) is 6.07 Å². The highest BCUT2D eigenvalue weighted by Crippen LogP contribution is 2.27. The molecule has 80 valence electrons. The molecule has 0 N–H and O–H groups in total. The molecule has 0 heterocycles. The van der Waals surface area contributed by atoms with Crippen LogP contribution in [0.2, 0.25) is 0 Å². The Morgan fingerprint density at radius 2 is 2.13 bits per heavy atom. The summed E-state index contributed by atoms with van der Waals surface area (Å²) in [4.78, 5) is 0.00594. The first-order chi connectivity index (χ1) is 6.90. The van der Waals surface area contributed by atoms with E-state index in [0.29, 0.717) is 16.5 Å². The van der Waals surface area contributed by atoms with Crippen LogP contribution in [0.15, 0.2) is 21.5 Å². The minimum atomic E-state index is -3.79. The van der Waals surface area contributed by atoms with E-state index in [-0.39, 0.29) is 10.5 Å². The molecular formula is C9H7BrClNO2S. The van der Waals surface area contributed by atoms with Gasteiger partial charge in [0.2, 0.25) is 0 Å². The van der Waals surface area contributed by atoms with Crippen molar-refractivity contribution in [2.75, 3.05) is 0 Å². The van der Waals surface area contributed by atoms with Gasteiger partial charge in [0.15, 0.2) is 0 Å². The van der Waals surface area contributed by atoms with Crippen molar-refractivity contribution in [2.24, 2.45) is 0 Å². The van der Waals surface area contributed by atoms with Gasteiger partial charge in [0.25, 0.3) is 9.05 Å². The van der Waals surface area contributed by atoms with Gasteiger partial charge in [-0.15, -0.1) is 0 Å². The highest BCUT2D eigenvalue weighted by Gasteiger charge is 2.17. The predicted molar refractivity (Wildman–Crippen MR) is 61.3 cm³/mol. The molecule has 0 bridgehead atoms. The van der Waals surface area contributed by atoms with Crippen LogP contribution in [0.1, 0.15) is 18.1 Å². The van der Waals surface area contributed by atoms with Crippen LogP contribution < -0.4 is 0 Å². The molecule has 0 amide bonds. The van der Waals surface area contributed by atoms with Crippen molar-refractivity contribution >= 4 is 35.7 Å². The average Bonchev–Trinajstić information content (AvgIpc) is 2.15. The fourth-order valence-corrected chi connectivity index (χ4v) is 2.87. The topological polar surface area (TPSA) is 57.9 Å². The second kappa shape index (κ2) is 4.52. The van der Waals surface area contributed by atoms with E-state index in [0.717, 1.165) is 0 Å².